The predicted octanol–water partition coefficient (Wildman–Crippen LogP) is 3.24. The van der Waals surface area contributed by atoms with Crippen LogP contribution in [0.4, 0.5) is 5.69 Å². The molecule has 27 heavy (non-hydrogen) atoms. The van der Waals surface area contributed by atoms with Gasteiger partial charge in [0.15, 0.2) is 0 Å². The molecule has 2 heterocycles. The lowest BCUT2D eigenvalue weighted by Crippen LogP contribution is -2.41. The fourth-order valence-electron chi connectivity index (χ4n) is 3.21. The van der Waals surface area contributed by atoms with Gasteiger partial charge >= 0.3 is 0 Å². The summed E-state index contributed by atoms with van der Waals surface area (Å²) in [6, 6.07) is 10.6. The summed E-state index contributed by atoms with van der Waals surface area (Å²) in [6.45, 7) is 4.84. The van der Waals surface area contributed by atoms with E-state index in [-0.39, 0.29) is 11.8 Å². The second-order valence-corrected chi connectivity index (χ2v) is 9.07. The van der Waals surface area contributed by atoms with Gasteiger partial charge in [0.25, 0.3) is 0 Å². The number of amides is 1. The number of pyridine rings is 1. The Labute approximate surface area is 160 Å². The molecule has 0 unspecified atom stereocenters. The van der Waals surface area contributed by atoms with Gasteiger partial charge in [-0.25, -0.2) is 8.42 Å². The molecular formula is C20H25N3O3S. The fourth-order valence-corrected chi connectivity index (χ4v) is 4.68. The van der Waals surface area contributed by atoms with Gasteiger partial charge in [0.05, 0.1) is 16.8 Å². The van der Waals surface area contributed by atoms with Crippen LogP contribution in [0, 0.1) is 5.92 Å². The molecule has 1 fully saturated rings. The highest BCUT2D eigenvalue weighted by Gasteiger charge is 2.32. The van der Waals surface area contributed by atoms with Crippen molar-refractivity contribution in [3.63, 3.8) is 0 Å². The van der Waals surface area contributed by atoms with Gasteiger partial charge in [-0.2, -0.15) is 4.31 Å². The fraction of sp³-hybridized carbons (Fsp3) is 0.400. The van der Waals surface area contributed by atoms with Gasteiger partial charge in [-0.15, -0.1) is 0 Å². The molecule has 2 aromatic rings. The summed E-state index contributed by atoms with van der Waals surface area (Å²) in [5.41, 5.74) is 1.77. The van der Waals surface area contributed by atoms with E-state index < -0.39 is 10.0 Å². The molecule has 1 aliphatic rings. The minimum absolute atomic E-state index is 0.0821. The third-order valence-electron chi connectivity index (χ3n) is 4.94. The number of nitrogens with zero attached hydrogens (tertiary/aromatic N) is 2. The maximum absolute atomic E-state index is 12.9. The molecule has 1 saturated heterocycles. The Morgan fingerprint density at radius 1 is 1.15 bits per heavy atom. The molecule has 1 aromatic carbocycles. The number of benzene rings is 1. The predicted molar refractivity (Wildman–Crippen MR) is 105 cm³/mol. The van der Waals surface area contributed by atoms with Crippen molar-refractivity contribution in [3.05, 3.63) is 54.4 Å². The summed E-state index contributed by atoms with van der Waals surface area (Å²) in [4.78, 5) is 16.7. The van der Waals surface area contributed by atoms with Crippen LogP contribution in [0.15, 0.2) is 53.7 Å². The first kappa shape index (κ1) is 19.5. The molecule has 0 radical (unpaired) electrons. The number of aromatic nitrogens is 1. The lowest BCUT2D eigenvalue weighted by Gasteiger charge is -2.30. The summed E-state index contributed by atoms with van der Waals surface area (Å²) < 4.78 is 27.2. The van der Waals surface area contributed by atoms with Crippen LogP contribution in [0.3, 0.4) is 0 Å². The highest BCUT2D eigenvalue weighted by atomic mass is 32.2. The van der Waals surface area contributed by atoms with Crippen LogP contribution in [0.25, 0.3) is 0 Å². The number of hydrogen-bond donors (Lipinski definition) is 1. The zero-order valence-electron chi connectivity index (χ0n) is 15.6. The molecule has 3 rings (SSSR count). The third kappa shape index (κ3) is 4.54. The summed E-state index contributed by atoms with van der Waals surface area (Å²) in [6.07, 6.45) is 4.26. The Balaban J connectivity index is 1.61. The van der Waals surface area contributed by atoms with Crippen molar-refractivity contribution < 1.29 is 13.2 Å². The average molecular weight is 388 g/mol. The highest BCUT2D eigenvalue weighted by Crippen LogP contribution is 2.26. The third-order valence-corrected chi connectivity index (χ3v) is 6.85. The first-order chi connectivity index (χ1) is 12.9. The largest absolute Gasteiger partial charge is 0.324 e. The van der Waals surface area contributed by atoms with Crippen molar-refractivity contribution >= 4 is 21.6 Å². The summed E-state index contributed by atoms with van der Waals surface area (Å²) in [5, 5.41) is 2.84. The van der Waals surface area contributed by atoms with E-state index in [9.17, 15) is 13.2 Å². The maximum atomic E-state index is 12.9. The van der Waals surface area contributed by atoms with Crippen molar-refractivity contribution in [2.45, 2.75) is 37.5 Å². The van der Waals surface area contributed by atoms with Gasteiger partial charge in [0.1, 0.15) is 0 Å². The van der Waals surface area contributed by atoms with E-state index in [1.807, 2.05) is 12.1 Å². The molecule has 1 N–H and O–H groups in total. The number of anilines is 1. The van der Waals surface area contributed by atoms with Crippen molar-refractivity contribution in [1.29, 1.82) is 0 Å². The molecule has 6 nitrogen and oxygen atoms in total. The minimum atomic E-state index is -3.52. The van der Waals surface area contributed by atoms with Crippen molar-refractivity contribution in [2.24, 2.45) is 5.92 Å². The Bertz CT molecular complexity index is 872. The van der Waals surface area contributed by atoms with Crippen molar-refractivity contribution in [1.82, 2.24) is 9.29 Å². The molecule has 0 bridgehead atoms. The number of rotatable bonds is 5. The number of carbonyl (C=O) groups excluding carboxylic acids is 1. The number of hydrogen-bond acceptors (Lipinski definition) is 4. The monoisotopic (exact) mass is 387 g/mol. The Morgan fingerprint density at radius 2 is 1.81 bits per heavy atom. The normalized spacial score (nSPS) is 16.4. The van der Waals surface area contributed by atoms with E-state index in [0.717, 1.165) is 5.56 Å². The summed E-state index contributed by atoms with van der Waals surface area (Å²) >= 11 is 0. The smallest absolute Gasteiger partial charge is 0.243 e. The Morgan fingerprint density at radius 3 is 2.37 bits per heavy atom. The lowest BCUT2D eigenvalue weighted by atomic mass is 9.97. The SMILES string of the molecule is CC(C)c1ccc(S(=O)(=O)N2CCC(C(=O)Nc3cccnc3)CC2)cc1. The van der Waals surface area contributed by atoms with Crippen molar-refractivity contribution in [3.8, 4) is 0 Å². The molecule has 0 saturated carbocycles. The molecule has 7 heteroatoms. The number of carbonyl (C=O) groups is 1. The van der Waals surface area contributed by atoms with Crippen LogP contribution in [0.1, 0.15) is 38.2 Å². The van der Waals surface area contributed by atoms with E-state index in [0.29, 0.717) is 42.4 Å². The van der Waals surface area contributed by atoms with Gasteiger partial charge in [0, 0.05) is 25.2 Å². The minimum Gasteiger partial charge on any atom is -0.324 e. The Kier molecular flexibility index (Phi) is 5.92. The molecular weight excluding hydrogens is 362 g/mol. The van der Waals surface area contributed by atoms with E-state index in [2.05, 4.69) is 24.1 Å². The molecule has 1 aromatic heterocycles. The molecule has 1 aliphatic heterocycles. The number of piperidine rings is 1. The van der Waals surface area contributed by atoms with Gasteiger partial charge in [-0.05, 0) is 48.6 Å². The van der Waals surface area contributed by atoms with Crippen molar-refractivity contribution in [2.75, 3.05) is 18.4 Å². The quantitative estimate of drug-likeness (QED) is 0.854. The second kappa shape index (κ2) is 8.19. The molecule has 0 atom stereocenters. The van der Waals surface area contributed by atoms with Gasteiger partial charge < -0.3 is 5.32 Å². The molecule has 0 spiro atoms. The second-order valence-electron chi connectivity index (χ2n) is 7.13. The topological polar surface area (TPSA) is 79.4 Å². The standard InChI is InChI=1S/C20H25N3O3S/c1-15(2)16-5-7-19(8-6-16)27(25,26)23-12-9-17(10-13-23)20(24)22-18-4-3-11-21-14-18/h3-8,11,14-15,17H,9-10,12-13H2,1-2H3,(H,22,24). The lowest BCUT2D eigenvalue weighted by molar-refractivity contribution is -0.120. The molecule has 1 amide bonds. The Hall–Kier alpha value is -2.25. The van der Waals surface area contributed by atoms with Crippen LogP contribution in [-0.2, 0) is 14.8 Å². The average Bonchev–Trinajstić information content (AvgIpc) is 2.69. The van der Waals surface area contributed by atoms with Crippen LogP contribution in [-0.4, -0.2) is 36.7 Å². The first-order valence-electron chi connectivity index (χ1n) is 9.19. The summed E-state index contributed by atoms with van der Waals surface area (Å²) in [7, 11) is -3.52. The number of nitrogens with one attached hydrogen (secondary N) is 1. The van der Waals surface area contributed by atoms with E-state index in [1.54, 1.807) is 36.7 Å². The summed E-state index contributed by atoms with van der Waals surface area (Å²) in [5.74, 6) is 0.0807. The van der Waals surface area contributed by atoms with Gasteiger partial charge in [-0.1, -0.05) is 26.0 Å². The van der Waals surface area contributed by atoms with Crippen LogP contribution >= 0.6 is 0 Å². The first-order valence-corrected chi connectivity index (χ1v) is 10.6. The van der Waals surface area contributed by atoms with E-state index in [1.165, 1.54) is 4.31 Å². The van der Waals surface area contributed by atoms with E-state index >= 15 is 0 Å². The highest BCUT2D eigenvalue weighted by molar-refractivity contribution is 7.89. The van der Waals surface area contributed by atoms with Crippen LogP contribution in [0.2, 0.25) is 0 Å². The van der Waals surface area contributed by atoms with Crippen LogP contribution in [0.5, 0.6) is 0 Å². The van der Waals surface area contributed by atoms with Gasteiger partial charge in [0.2, 0.25) is 15.9 Å². The zero-order valence-corrected chi connectivity index (χ0v) is 16.4. The van der Waals surface area contributed by atoms with Gasteiger partial charge in [-0.3, -0.25) is 9.78 Å². The maximum Gasteiger partial charge on any atom is 0.243 e. The van der Waals surface area contributed by atoms with Crippen LogP contribution < -0.4 is 5.32 Å². The van der Waals surface area contributed by atoms with E-state index in [4.69, 9.17) is 0 Å². The zero-order chi connectivity index (χ0) is 19.4. The molecule has 0 aliphatic carbocycles. The molecule has 144 valence electrons. The number of sulfonamides is 1.